The number of hydrogen-bond donors (Lipinski definition) is 4. The average Bonchev–Trinajstić information content (AvgIpc) is 3.15. The number of fused-ring (bicyclic) bond motifs is 1. The molecule has 0 saturated heterocycles. The van der Waals surface area contributed by atoms with Crippen LogP contribution in [0.5, 0.6) is 0 Å². The Bertz CT molecular complexity index is 1230. The van der Waals surface area contributed by atoms with Crippen LogP contribution in [0, 0.1) is 5.92 Å². The number of rotatable bonds is 8. The summed E-state index contributed by atoms with van der Waals surface area (Å²) in [5, 5.41) is 30.7. The zero-order chi connectivity index (χ0) is 25.5. The molecule has 0 spiro atoms. The number of aliphatic hydroxyl groups is 2. The molecule has 188 valence electrons. The number of nitrogens with one attached hydrogen (secondary N) is 2. The summed E-state index contributed by atoms with van der Waals surface area (Å²) in [4.78, 5) is 21.7. The number of amides is 1. The number of halogens is 2. The summed E-state index contributed by atoms with van der Waals surface area (Å²) < 4.78 is 15.7. The maximum Gasteiger partial charge on any atom is 0.255 e. The fraction of sp³-hybridized carbons (Fsp3) is 0.500. The molecule has 4 rings (SSSR count). The summed E-state index contributed by atoms with van der Waals surface area (Å²) in [6.07, 6.45) is 6.05. The lowest BCUT2D eigenvalue weighted by Crippen LogP contribution is -2.46. The van der Waals surface area contributed by atoms with Gasteiger partial charge in [-0.2, -0.15) is 5.10 Å². The Labute approximate surface area is 207 Å². The van der Waals surface area contributed by atoms with Gasteiger partial charge in [0.2, 0.25) is 0 Å². The molecule has 35 heavy (non-hydrogen) atoms. The van der Waals surface area contributed by atoms with Crippen molar-refractivity contribution in [3.8, 4) is 11.3 Å². The van der Waals surface area contributed by atoms with E-state index in [2.05, 4.69) is 25.7 Å². The molecule has 1 fully saturated rings. The van der Waals surface area contributed by atoms with Gasteiger partial charge in [-0.15, -0.1) is 0 Å². The Kier molecular flexibility index (Phi) is 6.74. The topological polar surface area (TPSA) is 125 Å². The number of carbonyl (C=O) groups excluding carboxylic acids is 1. The zero-order valence-corrected chi connectivity index (χ0v) is 20.8. The molecule has 1 amide bonds. The van der Waals surface area contributed by atoms with E-state index >= 15 is 0 Å². The van der Waals surface area contributed by atoms with Crippen LogP contribution >= 0.6 is 11.6 Å². The van der Waals surface area contributed by atoms with Gasteiger partial charge in [0, 0.05) is 18.4 Å². The second kappa shape index (κ2) is 9.33. The lowest BCUT2D eigenvalue weighted by molar-refractivity contribution is -0.0229. The summed E-state index contributed by atoms with van der Waals surface area (Å²) in [5.41, 5.74) is 0.181. The van der Waals surface area contributed by atoms with Crippen molar-refractivity contribution in [2.75, 3.05) is 11.9 Å². The number of aromatic nitrogens is 4. The van der Waals surface area contributed by atoms with Gasteiger partial charge in [0.1, 0.15) is 6.17 Å². The molecule has 1 aliphatic carbocycles. The molecule has 1 aliphatic rings. The lowest BCUT2D eigenvalue weighted by atomic mass is 9.71. The molecule has 4 N–H and O–H groups in total. The van der Waals surface area contributed by atoms with Gasteiger partial charge in [0.25, 0.3) is 5.91 Å². The van der Waals surface area contributed by atoms with Gasteiger partial charge in [0.05, 0.1) is 57.7 Å². The molecule has 1 unspecified atom stereocenters. The first kappa shape index (κ1) is 25.3. The first-order chi connectivity index (χ1) is 16.3. The van der Waals surface area contributed by atoms with E-state index < -0.39 is 23.3 Å². The van der Waals surface area contributed by atoms with Crippen LogP contribution in [-0.2, 0) is 0 Å². The molecule has 3 aromatic heterocycles. The highest BCUT2D eigenvalue weighted by molar-refractivity contribution is 6.30. The summed E-state index contributed by atoms with van der Waals surface area (Å²) in [7, 11) is 0. The van der Waals surface area contributed by atoms with Gasteiger partial charge < -0.3 is 20.8 Å². The molecule has 3 aromatic rings. The Balaban J connectivity index is 1.62. The highest BCUT2D eigenvalue weighted by Gasteiger charge is 2.39. The molecule has 0 aliphatic heterocycles. The minimum absolute atomic E-state index is 0.0550. The fourth-order valence-corrected chi connectivity index (χ4v) is 4.14. The third-order valence-electron chi connectivity index (χ3n) is 6.45. The number of hydrogen-bond acceptors (Lipinski definition) is 7. The van der Waals surface area contributed by atoms with Crippen LogP contribution < -0.4 is 10.6 Å². The van der Waals surface area contributed by atoms with Crippen molar-refractivity contribution < 1.29 is 19.4 Å². The molecular weight excluding hydrogens is 475 g/mol. The van der Waals surface area contributed by atoms with E-state index in [1.54, 1.807) is 36.8 Å². The second-order valence-corrected chi connectivity index (χ2v) is 10.6. The molecular formula is C24H30ClFN6O3. The highest BCUT2D eigenvalue weighted by atomic mass is 35.5. The normalized spacial score (nSPS) is 19.3. The van der Waals surface area contributed by atoms with Crippen molar-refractivity contribution in [2.24, 2.45) is 5.92 Å². The summed E-state index contributed by atoms with van der Waals surface area (Å²) >= 11 is 6.00. The Morgan fingerprint density at radius 2 is 1.94 bits per heavy atom. The molecule has 9 nitrogen and oxygen atoms in total. The van der Waals surface area contributed by atoms with E-state index in [9.17, 15) is 19.4 Å². The Morgan fingerprint density at radius 3 is 2.60 bits per heavy atom. The van der Waals surface area contributed by atoms with E-state index in [1.165, 1.54) is 26.2 Å². The smallest absolute Gasteiger partial charge is 0.255 e. The largest absolute Gasteiger partial charge is 0.390 e. The van der Waals surface area contributed by atoms with Gasteiger partial charge in [-0.3, -0.25) is 9.78 Å². The summed E-state index contributed by atoms with van der Waals surface area (Å²) in [5.74, 6) is -0.368. The van der Waals surface area contributed by atoms with Crippen molar-refractivity contribution in [3.05, 3.63) is 41.4 Å². The maximum absolute atomic E-state index is 14.2. The van der Waals surface area contributed by atoms with Crippen LogP contribution in [0.2, 0.25) is 5.02 Å². The molecule has 0 radical (unpaired) electrons. The summed E-state index contributed by atoms with van der Waals surface area (Å²) in [6.45, 7) is 5.93. The van der Waals surface area contributed by atoms with E-state index in [-0.39, 0.29) is 24.1 Å². The van der Waals surface area contributed by atoms with Crippen LogP contribution in [0.15, 0.2) is 30.9 Å². The number of alkyl halides is 1. The highest BCUT2D eigenvalue weighted by Crippen LogP contribution is 2.38. The van der Waals surface area contributed by atoms with Gasteiger partial charge in [0.15, 0.2) is 5.65 Å². The standard InChI is InChI=1S/C24H30ClFN6O3/c1-23(2,34)13-5-15(6-13)31-19-7-18(16-10-30-32-12-14(25)8-28-21(16)32)27-9-17(19)22(33)29-11-20(26)24(3,4)35/h7-10,12-13,15,20,34-35H,5-6,11H2,1-4H3,(H,27,31)(H,29,33). The Hall–Kier alpha value is -2.82. The first-order valence-corrected chi connectivity index (χ1v) is 11.8. The minimum atomic E-state index is -1.63. The van der Waals surface area contributed by atoms with Crippen LogP contribution in [0.4, 0.5) is 10.1 Å². The van der Waals surface area contributed by atoms with Crippen molar-refractivity contribution in [1.29, 1.82) is 0 Å². The minimum Gasteiger partial charge on any atom is -0.390 e. The van der Waals surface area contributed by atoms with E-state index in [1.807, 2.05) is 0 Å². The number of pyridine rings is 1. The monoisotopic (exact) mass is 504 g/mol. The fourth-order valence-electron chi connectivity index (χ4n) is 4.00. The third-order valence-corrected chi connectivity index (χ3v) is 6.65. The number of nitrogens with zero attached hydrogens (tertiary/aromatic N) is 4. The second-order valence-electron chi connectivity index (χ2n) is 10.2. The van der Waals surface area contributed by atoms with Crippen LogP contribution in [-0.4, -0.2) is 65.7 Å². The van der Waals surface area contributed by atoms with E-state index in [0.717, 1.165) is 12.8 Å². The van der Waals surface area contributed by atoms with E-state index in [4.69, 9.17) is 11.6 Å². The van der Waals surface area contributed by atoms with Gasteiger partial charge in [-0.1, -0.05) is 11.6 Å². The number of anilines is 1. The van der Waals surface area contributed by atoms with E-state index in [0.29, 0.717) is 27.6 Å². The van der Waals surface area contributed by atoms with Crippen LogP contribution in [0.25, 0.3) is 16.9 Å². The first-order valence-electron chi connectivity index (χ1n) is 11.5. The summed E-state index contributed by atoms with van der Waals surface area (Å²) in [6, 6.07) is 1.79. The Morgan fingerprint density at radius 1 is 1.23 bits per heavy atom. The van der Waals surface area contributed by atoms with Crippen molar-refractivity contribution in [2.45, 2.75) is 64.0 Å². The predicted molar refractivity (Wildman–Crippen MR) is 131 cm³/mol. The third kappa shape index (κ3) is 5.55. The maximum atomic E-state index is 14.2. The van der Waals surface area contributed by atoms with Gasteiger partial charge in [-0.05, 0) is 52.5 Å². The molecule has 11 heteroatoms. The predicted octanol–water partition coefficient (Wildman–Crippen LogP) is 3.24. The van der Waals surface area contributed by atoms with Crippen molar-refractivity contribution in [3.63, 3.8) is 0 Å². The lowest BCUT2D eigenvalue weighted by Gasteiger charge is -2.43. The molecule has 1 saturated carbocycles. The average molecular weight is 505 g/mol. The number of carbonyl (C=O) groups is 1. The quantitative estimate of drug-likeness (QED) is 0.371. The van der Waals surface area contributed by atoms with Crippen molar-refractivity contribution >= 4 is 28.8 Å². The van der Waals surface area contributed by atoms with Gasteiger partial charge in [-0.25, -0.2) is 13.9 Å². The SMILES string of the molecule is CC(C)(O)C(F)CNC(=O)c1cnc(-c2cnn3cc(Cl)cnc23)cc1NC1CC(C(C)(C)O)C1. The zero-order valence-electron chi connectivity index (χ0n) is 20.1. The molecule has 0 bridgehead atoms. The molecule has 1 atom stereocenters. The van der Waals surface area contributed by atoms with Crippen LogP contribution in [0.3, 0.4) is 0 Å². The van der Waals surface area contributed by atoms with Gasteiger partial charge >= 0.3 is 0 Å². The van der Waals surface area contributed by atoms with Crippen LogP contribution in [0.1, 0.15) is 50.9 Å². The molecule has 3 heterocycles. The molecule has 0 aromatic carbocycles. The van der Waals surface area contributed by atoms with Crippen molar-refractivity contribution in [1.82, 2.24) is 24.9 Å².